The van der Waals surface area contributed by atoms with Gasteiger partial charge in [-0.05, 0) is 50.0 Å². The van der Waals surface area contributed by atoms with E-state index in [1.807, 2.05) is 44.2 Å². The molecule has 0 radical (unpaired) electrons. The molecule has 3 fully saturated rings. The van der Waals surface area contributed by atoms with Gasteiger partial charge in [-0.1, -0.05) is 64.4 Å². The number of esters is 1. The minimum atomic E-state index is -1.37. The van der Waals surface area contributed by atoms with Crippen LogP contribution in [0.3, 0.4) is 0 Å². The molecule has 8 atom stereocenters. The van der Waals surface area contributed by atoms with Crippen molar-refractivity contribution in [3.8, 4) is 0 Å². The van der Waals surface area contributed by atoms with Crippen molar-refractivity contribution in [1.29, 1.82) is 0 Å². The van der Waals surface area contributed by atoms with Crippen LogP contribution in [0, 0.1) is 11.8 Å². The first-order valence-corrected chi connectivity index (χ1v) is 17.8. The Bertz CT molecular complexity index is 1440. The molecule has 3 aliphatic heterocycles. The number of carbonyl (C=O) groups excluding carboxylic acids is 7. The van der Waals surface area contributed by atoms with Crippen LogP contribution in [0.5, 0.6) is 0 Å². The number of benzene rings is 1. The van der Waals surface area contributed by atoms with Crippen LogP contribution in [0.1, 0.15) is 79.2 Å². The van der Waals surface area contributed by atoms with Gasteiger partial charge in [0, 0.05) is 26.4 Å². The SMILES string of the molecule is CC[C@@H](C)[C@H]1NC(=O)[C@@H](NC(C)=O)[C@@H](C)OC(=O)[C@H](C(C)C)NC(=O)[C@H](Cc2ccccc2)NC(=O)[C@@H]2CCCN2C(=O)[C@@H]2CCCN2C1=O. The molecule has 0 aromatic heterocycles. The molecule has 0 bridgehead atoms. The molecular formula is C36H52N6O8. The standard InChI is InChI=1S/C36H52N6O8/c1-7-21(4)29-35(48)42-18-12-16-27(42)34(47)41-17-11-15-26(41)32(45)38-25(19-24-13-9-8-10-14-24)31(44)39-28(20(2)3)36(49)50-22(5)30(33(46)40-29)37-23(6)43/h8-10,13-14,20-22,25-30H,7,11-12,15-19H2,1-6H3,(H,37,43)(H,38,45)(H,39,44)(H,40,46)/t21-,22-,25+,26+,27+,28+,29-,30+/m1/s1. The summed E-state index contributed by atoms with van der Waals surface area (Å²) in [4.78, 5) is 98.8. The van der Waals surface area contributed by atoms with Crippen molar-refractivity contribution in [3.63, 3.8) is 0 Å². The third-order valence-corrected chi connectivity index (χ3v) is 9.98. The van der Waals surface area contributed by atoms with Gasteiger partial charge in [0.1, 0.15) is 42.4 Å². The van der Waals surface area contributed by atoms with E-state index in [1.54, 1.807) is 13.8 Å². The Morgan fingerprint density at radius 3 is 2.04 bits per heavy atom. The summed E-state index contributed by atoms with van der Waals surface area (Å²) in [5.74, 6) is -4.86. The number of amides is 6. The van der Waals surface area contributed by atoms with E-state index in [1.165, 1.54) is 23.6 Å². The Kier molecular flexibility index (Phi) is 13.0. The van der Waals surface area contributed by atoms with Crippen molar-refractivity contribution in [2.24, 2.45) is 11.8 Å². The van der Waals surface area contributed by atoms with E-state index in [4.69, 9.17) is 4.74 Å². The number of hydrogen-bond acceptors (Lipinski definition) is 8. The number of carbonyl (C=O) groups is 7. The van der Waals surface area contributed by atoms with Gasteiger partial charge in [0.05, 0.1) is 0 Å². The Hall–Kier alpha value is -4.49. The van der Waals surface area contributed by atoms with Crippen LogP contribution < -0.4 is 21.3 Å². The summed E-state index contributed by atoms with van der Waals surface area (Å²) in [7, 11) is 0. The zero-order chi connectivity index (χ0) is 36.7. The molecule has 3 heterocycles. The Balaban J connectivity index is 1.76. The van der Waals surface area contributed by atoms with E-state index in [-0.39, 0.29) is 18.2 Å². The normalized spacial score (nSPS) is 29.5. The van der Waals surface area contributed by atoms with Crippen molar-refractivity contribution in [3.05, 3.63) is 35.9 Å². The highest BCUT2D eigenvalue weighted by Gasteiger charge is 2.45. The molecule has 4 N–H and O–H groups in total. The monoisotopic (exact) mass is 696 g/mol. The Morgan fingerprint density at radius 1 is 0.840 bits per heavy atom. The second kappa shape index (κ2) is 16.9. The maximum absolute atomic E-state index is 14.2. The van der Waals surface area contributed by atoms with E-state index >= 15 is 0 Å². The largest absolute Gasteiger partial charge is 0.458 e. The first-order valence-electron chi connectivity index (χ1n) is 17.8. The smallest absolute Gasteiger partial charge is 0.329 e. The third kappa shape index (κ3) is 8.99. The highest BCUT2D eigenvalue weighted by molar-refractivity contribution is 5.98. The van der Waals surface area contributed by atoms with Crippen LogP contribution in [0.4, 0.5) is 0 Å². The van der Waals surface area contributed by atoms with Gasteiger partial charge in [-0.25, -0.2) is 4.79 Å². The van der Waals surface area contributed by atoms with Gasteiger partial charge in [0.2, 0.25) is 35.4 Å². The average molecular weight is 697 g/mol. The summed E-state index contributed by atoms with van der Waals surface area (Å²) in [5, 5.41) is 10.9. The van der Waals surface area contributed by atoms with E-state index in [2.05, 4.69) is 21.3 Å². The highest BCUT2D eigenvalue weighted by atomic mass is 16.5. The molecule has 3 saturated heterocycles. The summed E-state index contributed by atoms with van der Waals surface area (Å²) in [5.41, 5.74) is 0.767. The summed E-state index contributed by atoms with van der Waals surface area (Å²) in [6, 6.07) is 2.73. The summed E-state index contributed by atoms with van der Waals surface area (Å²) in [6.07, 6.45) is 1.34. The molecule has 1 aromatic rings. The predicted molar refractivity (Wildman–Crippen MR) is 183 cm³/mol. The maximum Gasteiger partial charge on any atom is 0.329 e. The van der Waals surface area contributed by atoms with Crippen LogP contribution in [-0.2, 0) is 44.7 Å². The number of fused-ring (bicyclic) bond motifs is 2. The summed E-state index contributed by atoms with van der Waals surface area (Å²) >= 11 is 0. The van der Waals surface area contributed by atoms with E-state index in [9.17, 15) is 33.6 Å². The molecule has 6 amide bonds. The Morgan fingerprint density at radius 2 is 1.44 bits per heavy atom. The lowest BCUT2D eigenvalue weighted by molar-refractivity contribution is -0.157. The quantitative estimate of drug-likeness (QED) is 0.315. The predicted octanol–water partition coefficient (Wildman–Crippen LogP) is 0.818. The number of cyclic esters (lactones) is 1. The molecule has 1 aromatic carbocycles. The summed E-state index contributed by atoms with van der Waals surface area (Å²) < 4.78 is 5.72. The fourth-order valence-corrected chi connectivity index (χ4v) is 6.90. The molecule has 0 aliphatic carbocycles. The molecule has 0 spiro atoms. The van der Waals surface area contributed by atoms with Gasteiger partial charge in [0.25, 0.3) is 0 Å². The van der Waals surface area contributed by atoms with Crippen LogP contribution in [0.2, 0.25) is 0 Å². The molecule has 3 aliphatic rings. The van der Waals surface area contributed by atoms with Gasteiger partial charge in [-0.2, -0.15) is 0 Å². The molecule has 50 heavy (non-hydrogen) atoms. The van der Waals surface area contributed by atoms with E-state index < -0.39 is 83.8 Å². The van der Waals surface area contributed by atoms with Gasteiger partial charge in [-0.3, -0.25) is 28.8 Å². The number of nitrogens with one attached hydrogen (secondary N) is 4. The lowest BCUT2D eigenvalue weighted by atomic mass is 9.96. The average Bonchev–Trinajstić information content (AvgIpc) is 3.78. The molecule has 0 saturated carbocycles. The van der Waals surface area contributed by atoms with Gasteiger partial charge in [-0.15, -0.1) is 0 Å². The fourth-order valence-electron chi connectivity index (χ4n) is 6.90. The Labute approximate surface area is 293 Å². The first kappa shape index (κ1) is 38.3. The van der Waals surface area contributed by atoms with Crippen molar-refractivity contribution in [1.82, 2.24) is 31.1 Å². The third-order valence-electron chi connectivity index (χ3n) is 9.98. The lowest BCUT2D eigenvalue weighted by Gasteiger charge is -2.35. The lowest BCUT2D eigenvalue weighted by Crippen LogP contribution is -2.61. The topological polar surface area (TPSA) is 183 Å². The van der Waals surface area contributed by atoms with Gasteiger partial charge < -0.3 is 35.8 Å². The molecular weight excluding hydrogens is 644 g/mol. The van der Waals surface area contributed by atoms with Crippen LogP contribution in [0.25, 0.3) is 0 Å². The number of hydrogen-bond donors (Lipinski definition) is 4. The first-order chi connectivity index (χ1) is 23.7. The van der Waals surface area contributed by atoms with E-state index in [0.717, 1.165) is 5.56 Å². The van der Waals surface area contributed by atoms with Crippen LogP contribution in [-0.4, -0.2) is 107 Å². The molecule has 0 unspecified atom stereocenters. The minimum absolute atomic E-state index is 0.113. The fraction of sp³-hybridized carbons (Fsp3) is 0.639. The number of ether oxygens (including phenoxy) is 1. The van der Waals surface area contributed by atoms with E-state index in [0.29, 0.717) is 45.2 Å². The zero-order valence-corrected chi connectivity index (χ0v) is 29.9. The van der Waals surface area contributed by atoms with Crippen LogP contribution in [0.15, 0.2) is 30.3 Å². The van der Waals surface area contributed by atoms with Crippen molar-refractivity contribution < 1.29 is 38.3 Å². The molecule has 4 rings (SSSR count). The molecule has 274 valence electrons. The van der Waals surface area contributed by atoms with Gasteiger partial charge >= 0.3 is 5.97 Å². The number of nitrogens with zero attached hydrogens (tertiary/aromatic N) is 2. The number of rotatable bonds is 6. The summed E-state index contributed by atoms with van der Waals surface area (Å²) in [6.45, 7) is 10.4. The second-order valence-electron chi connectivity index (χ2n) is 14.1. The minimum Gasteiger partial charge on any atom is -0.458 e. The van der Waals surface area contributed by atoms with Crippen LogP contribution >= 0.6 is 0 Å². The maximum atomic E-state index is 14.2. The highest BCUT2D eigenvalue weighted by Crippen LogP contribution is 2.27. The van der Waals surface area contributed by atoms with Crippen molar-refractivity contribution in [2.45, 2.75) is 122 Å². The second-order valence-corrected chi connectivity index (χ2v) is 14.1. The zero-order valence-electron chi connectivity index (χ0n) is 29.9. The van der Waals surface area contributed by atoms with Crippen molar-refractivity contribution >= 4 is 41.4 Å². The van der Waals surface area contributed by atoms with Gasteiger partial charge in [0.15, 0.2) is 0 Å². The molecule has 14 nitrogen and oxygen atoms in total. The molecule has 14 heteroatoms. The van der Waals surface area contributed by atoms with Crippen molar-refractivity contribution in [2.75, 3.05) is 13.1 Å².